The maximum atomic E-state index is 13.5. The summed E-state index contributed by atoms with van der Waals surface area (Å²) in [5, 5.41) is 0. The van der Waals surface area contributed by atoms with Crippen LogP contribution in [0.2, 0.25) is 0 Å². The first kappa shape index (κ1) is 22.1. The molecule has 0 aromatic heterocycles. The molecule has 3 amide bonds. The summed E-state index contributed by atoms with van der Waals surface area (Å²) in [5.41, 5.74) is 0.598. The number of nitrogens with zero attached hydrogens (tertiary/aromatic N) is 3. The molecule has 28 heavy (non-hydrogen) atoms. The van der Waals surface area contributed by atoms with Crippen molar-refractivity contribution < 1.29 is 14.4 Å². The lowest BCUT2D eigenvalue weighted by molar-refractivity contribution is -0.142. The fourth-order valence-corrected chi connectivity index (χ4v) is 3.92. The van der Waals surface area contributed by atoms with Gasteiger partial charge >= 0.3 is 0 Å². The van der Waals surface area contributed by atoms with Gasteiger partial charge in [-0.2, -0.15) is 0 Å². The van der Waals surface area contributed by atoms with E-state index in [1.54, 1.807) is 11.9 Å². The van der Waals surface area contributed by atoms with E-state index in [1.807, 2.05) is 64.0 Å². The highest BCUT2D eigenvalue weighted by molar-refractivity contribution is 6.11. The van der Waals surface area contributed by atoms with Crippen LogP contribution in [0, 0.1) is 12.8 Å². The molecule has 0 aliphatic carbocycles. The van der Waals surface area contributed by atoms with Gasteiger partial charge in [-0.05, 0) is 38.1 Å². The average molecular weight is 388 g/mol. The average Bonchev–Trinajstić information content (AvgIpc) is 2.83. The van der Waals surface area contributed by atoms with Crippen LogP contribution in [-0.4, -0.2) is 73.2 Å². The zero-order valence-corrected chi connectivity index (χ0v) is 18.0. The number of benzene rings is 1. The fraction of sp³-hybridized carbons (Fsp3) is 0.591. The first-order chi connectivity index (χ1) is 13.1. The number of imide groups is 1. The molecule has 1 heterocycles. The number of amides is 3. The minimum Gasteiger partial charge on any atom is -0.345 e. The van der Waals surface area contributed by atoms with Crippen molar-refractivity contribution in [1.29, 1.82) is 0 Å². The van der Waals surface area contributed by atoms with Crippen molar-refractivity contribution >= 4 is 17.7 Å². The van der Waals surface area contributed by atoms with Crippen molar-refractivity contribution in [3.63, 3.8) is 0 Å². The molecule has 1 aliphatic heterocycles. The summed E-state index contributed by atoms with van der Waals surface area (Å²) >= 11 is 0. The van der Waals surface area contributed by atoms with Crippen LogP contribution in [0.3, 0.4) is 0 Å². The van der Waals surface area contributed by atoms with E-state index in [4.69, 9.17) is 0 Å². The van der Waals surface area contributed by atoms with Crippen LogP contribution in [0.1, 0.15) is 37.8 Å². The molecule has 0 N–H and O–H groups in total. The Hall–Kier alpha value is -2.21. The second-order valence-corrected chi connectivity index (χ2v) is 8.57. The number of hydrogen-bond acceptors (Lipinski definition) is 4. The van der Waals surface area contributed by atoms with Crippen molar-refractivity contribution in [2.24, 2.45) is 5.92 Å². The zero-order valence-electron chi connectivity index (χ0n) is 18.0. The lowest BCUT2D eigenvalue weighted by Crippen LogP contribution is -2.44. The molecule has 6 heteroatoms. The topological polar surface area (TPSA) is 60.9 Å². The molecule has 1 fully saturated rings. The third-order valence-corrected chi connectivity index (χ3v) is 5.36. The number of hydrogen-bond donors (Lipinski definition) is 0. The molecule has 0 unspecified atom stereocenters. The lowest BCUT2D eigenvalue weighted by atomic mass is 9.74. The highest BCUT2D eigenvalue weighted by atomic mass is 16.2. The van der Waals surface area contributed by atoms with Crippen LogP contribution >= 0.6 is 0 Å². The highest BCUT2D eigenvalue weighted by Crippen LogP contribution is 2.41. The van der Waals surface area contributed by atoms with Crippen molar-refractivity contribution in [3.8, 4) is 0 Å². The standard InChI is InChI=1S/C22H33N3O3/c1-16(2)15-24(6)19(26)13-22(18-10-8-7-9-17(18)3)14-20(27)25(21(22)28)12-11-23(4)5/h7-10,16H,11-15H2,1-6H3/t22-/m0/s1. The summed E-state index contributed by atoms with van der Waals surface area (Å²) in [5.74, 6) is -0.220. The van der Waals surface area contributed by atoms with Gasteiger partial charge in [-0.25, -0.2) is 0 Å². The van der Waals surface area contributed by atoms with Crippen LogP contribution in [0.4, 0.5) is 0 Å². The molecule has 6 nitrogen and oxygen atoms in total. The quantitative estimate of drug-likeness (QED) is 0.641. The van der Waals surface area contributed by atoms with E-state index in [-0.39, 0.29) is 30.6 Å². The Labute approximate surface area is 168 Å². The van der Waals surface area contributed by atoms with Gasteiger partial charge < -0.3 is 9.80 Å². The molecule has 1 aromatic carbocycles. The van der Waals surface area contributed by atoms with E-state index in [9.17, 15) is 14.4 Å². The summed E-state index contributed by atoms with van der Waals surface area (Å²) in [6, 6.07) is 7.59. The fourth-order valence-electron chi connectivity index (χ4n) is 3.92. The summed E-state index contributed by atoms with van der Waals surface area (Å²) in [6.45, 7) is 7.59. The molecule has 1 aliphatic rings. The summed E-state index contributed by atoms with van der Waals surface area (Å²) < 4.78 is 0. The van der Waals surface area contributed by atoms with Gasteiger partial charge in [0.05, 0.1) is 5.41 Å². The smallest absolute Gasteiger partial charge is 0.240 e. The Bertz CT molecular complexity index is 744. The van der Waals surface area contributed by atoms with Gasteiger partial charge in [-0.1, -0.05) is 38.1 Å². The molecule has 0 bridgehead atoms. The number of aryl methyl sites for hydroxylation is 1. The number of likely N-dealkylation sites (N-methyl/N-ethyl adjacent to an activating group) is 1. The third-order valence-electron chi connectivity index (χ3n) is 5.36. The molecule has 154 valence electrons. The van der Waals surface area contributed by atoms with Crippen molar-refractivity contribution in [3.05, 3.63) is 35.4 Å². The maximum absolute atomic E-state index is 13.5. The van der Waals surface area contributed by atoms with Crippen LogP contribution in [0.25, 0.3) is 0 Å². The number of rotatable bonds is 8. The van der Waals surface area contributed by atoms with Crippen LogP contribution < -0.4 is 0 Å². The Balaban J connectivity index is 2.41. The molecule has 1 saturated heterocycles. The molecular weight excluding hydrogens is 354 g/mol. The first-order valence-electron chi connectivity index (χ1n) is 9.88. The molecule has 1 aromatic rings. The largest absolute Gasteiger partial charge is 0.345 e. The maximum Gasteiger partial charge on any atom is 0.240 e. The summed E-state index contributed by atoms with van der Waals surface area (Å²) in [4.78, 5) is 44.2. The van der Waals surface area contributed by atoms with E-state index in [1.165, 1.54) is 4.90 Å². The number of carbonyl (C=O) groups excluding carboxylic acids is 3. The van der Waals surface area contributed by atoms with Crippen molar-refractivity contribution in [2.45, 2.75) is 39.0 Å². The van der Waals surface area contributed by atoms with E-state index in [0.717, 1.165) is 11.1 Å². The number of likely N-dealkylation sites (tertiary alicyclic amines) is 1. The van der Waals surface area contributed by atoms with Gasteiger partial charge in [0.1, 0.15) is 0 Å². The molecule has 1 atom stereocenters. The lowest BCUT2D eigenvalue weighted by Gasteiger charge is -2.31. The highest BCUT2D eigenvalue weighted by Gasteiger charge is 2.54. The van der Waals surface area contributed by atoms with Gasteiger partial charge in [0, 0.05) is 39.5 Å². The second-order valence-electron chi connectivity index (χ2n) is 8.57. The Morgan fingerprint density at radius 1 is 1.18 bits per heavy atom. The Kier molecular flexibility index (Phi) is 6.99. The van der Waals surface area contributed by atoms with Gasteiger partial charge in [-0.3, -0.25) is 19.3 Å². The minimum absolute atomic E-state index is 0.0180. The predicted octanol–water partition coefficient (Wildman–Crippen LogP) is 2.06. The second kappa shape index (κ2) is 8.86. The van der Waals surface area contributed by atoms with Crippen molar-refractivity contribution in [1.82, 2.24) is 14.7 Å². The van der Waals surface area contributed by atoms with Crippen LogP contribution in [-0.2, 0) is 19.8 Å². The van der Waals surface area contributed by atoms with E-state index in [2.05, 4.69) is 0 Å². The number of carbonyl (C=O) groups is 3. The molecular formula is C22H33N3O3. The molecule has 0 saturated carbocycles. The monoisotopic (exact) mass is 387 g/mol. The van der Waals surface area contributed by atoms with E-state index < -0.39 is 5.41 Å². The Morgan fingerprint density at radius 2 is 1.82 bits per heavy atom. The minimum atomic E-state index is -1.11. The summed E-state index contributed by atoms with van der Waals surface area (Å²) in [6.07, 6.45) is 0.0650. The van der Waals surface area contributed by atoms with Gasteiger partial charge in [-0.15, -0.1) is 0 Å². The molecule has 0 spiro atoms. The normalized spacial score (nSPS) is 19.8. The van der Waals surface area contributed by atoms with Crippen molar-refractivity contribution in [2.75, 3.05) is 40.8 Å². The van der Waals surface area contributed by atoms with Crippen LogP contribution in [0.5, 0.6) is 0 Å². The SMILES string of the molecule is Cc1ccccc1[C@]1(CC(=O)N(C)CC(C)C)CC(=O)N(CCN(C)C)C1=O. The third kappa shape index (κ3) is 4.61. The van der Waals surface area contributed by atoms with E-state index >= 15 is 0 Å². The van der Waals surface area contributed by atoms with Gasteiger partial charge in [0.15, 0.2) is 0 Å². The Morgan fingerprint density at radius 3 is 2.39 bits per heavy atom. The van der Waals surface area contributed by atoms with Crippen LogP contribution in [0.15, 0.2) is 24.3 Å². The molecule has 0 radical (unpaired) electrons. The molecule has 2 rings (SSSR count). The summed E-state index contributed by atoms with van der Waals surface area (Å²) in [7, 11) is 5.58. The van der Waals surface area contributed by atoms with E-state index in [0.29, 0.717) is 25.6 Å². The van der Waals surface area contributed by atoms with Gasteiger partial charge in [0.25, 0.3) is 0 Å². The van der Waals surface area contributed by atoms with Gasteiger partial charge in [0.2, 0.25) is 17.7 Å². The zero-order chi connectivity index (χ0) is 21.1. The predicted molar refractivity (Wildman–Crippen MR) is 110 cm³/mol. The first-order valence-corrected chi connectivity index (χ1v) is 9.88.